The summed E-state index contributed by atoms with van der Waals surface area (Å²) in [7, 11) is 1.43. The van der Waals surface area contributed by atoms with Crippen molar-refractivity contribution >= 4 is 17.8 Å². The van der Waals surface area contributed by atoms with Crippen LogP contribution in [0.1, 0.15) is 81.6 Å². The molecule has 2 unspecified atom stereocenters. The third-order valence-corrected chi connectivity index (χ3v) is 8.45. The topological polar surface area (TPSA) is 82.1 Å². The van der Waals surface area contributed by atoms with Crippen LogP contribution in [-0.4, -0.2) is 54.1 Å². The first kappa shape index (κ1) is 24.1. The molecule has 7 nitrogen and oxygen atoms in total. The molecule has 35 heavy (non-hydrogen) atoms. The van der Waals surface area contributed by atoms with Gasteiger partial charge in [-0.15, -0.1) is 0 Å². The Balaban J connectivity index is 1.41. The van der Waals surface area contributed by atoms with E-state index in [4.69, 9.17) is 14.2 Å². The molecule has 1 aromatic rings. The van der Waals surface area contributed by atoms with Crippen molar-refractivity contribution in [2.24, 2.45) is 23.7 Å². The van der Waals surface area contributed by atoms with Gasteiger partial charge in [-0.05, 0) is 76.0 Å². The molecular weight excluding hydrogens is 446 g/mol. The molecule has 190 valence electrons. The van der Waals surface area contributed by atoms with E-state index in [1.165, 1.54) is 7.11 Å². The third kappa shape index (κ3) is 4.31. The molecule has 1 saturated heterocycles. The second-order valence-corrected chi connectivity index (χ2v) is 11.9. The predicted molar refractivity (Wildman–Crippen MR) is 129 cm³/mol. The van der Waals surface area contributed by atoms with Gasteiger partial charge in [0.05, 0.1) is 25.0 Å². The summed E-state index contributed by atoms with van der Waals surface area (Å²) in [6, 6.07) is 5.85. The Bertz CT molecular complexity index is 1020. The molecule has 2 saturated carbocycles. The van der Waals surface area contributed by atoms with E-state index in [0.29, 0.717) is 36.7 Å². The predicted octanol–water partition coefficient (Wildman–Crippen LogP) is 4.97. The van der Waals surface area contributed by atoms with E-state index < -0.39 is 11.2 Å². The highest BCUT2D eigenvalue weighted by Crippen LogP contribution is 2.54. The maximum Gasteiger partial charge on any atom is 0.410 e. The summed E-state index contributed by atoms with van der Waals surface area (Å²) < 4.78 is 17.4. The van der Waals surface area contributed by atoms with E-state index in [2.05, 4.69) is 0 Å². The normalized spacial score (nSPS) is 29.3. The van der Waals surface area contributed by atoms with Crippen molar-refractivity contribution < 1.29 is 28.6 Å². The molecular formula is C28H37NO6. The van der Waals surface area contributed by atoms with E-state index in [9.17, 15) is 14.4 Å². The van der Waals surface area contributed by atoms with Gasteiger partial charge in [-0.2, -0.15) is 0 Å². The molecule has 0 N–H and O–H groups in total. The number of Topliss-reactive ketones (excluding diaryl/α,β-unsaturated/α-hetero) is 1. The zero-order valence-electron chi connectivity index (χ0n) is 21.5. The number of benzene rings is 1. The van der Waals surface area contributed by atoms with E-state index in [1.54, 1.807) is 4.90 Å². The van der Waals surface area contributed by atoms with Crippen LogP contribution in [0, 0.1) is 23.7 Å². The van der Waals surface area contributed by atoms with Crippen molar-refractivity contribution in [3.05, 3.63) is 29.3 Å². The number of carbonyl (C=O) groups excluding carboxylic acids is 3. The monoisotopic (exact) mass is 483 g/mol. The molecule has 0 aromatic heterocycles. The summed E-state index contributed by atoms with van der Waals surface area (Å²) in [4.78, 5) is 40.2. The van der Waals surface area contributed by atoms with E-state index in [1.807, 2.05) is 45.9 Å². The number of ether oxygens (including phenoxy) is 3. The quantitative estimate of drug-likeness (QED) is 0.563. The Labute approximate surface area is 207 Å². The summed E-state index contributed by atoms with van der Waals surface area (Å²) >= 11 is 0. The SMILES string of the molecule is COC(=O)[C@@H](C)[C@H](c1ccc2c(c1)OC1(CC2=O)C2CCC1CN(C(=O)OC(C)(C)C)C2)C1CC1. The molecule has 3 fully saturated rings. The highest BCUT2D eigenvalue weighted by Gasteiger charge is 2.59. The fourth-order valence-electron chi connectivity index (χ4n) is 6.66. The lowest BCUT2D eigenvalue weighted by atomic mass is 9.74. The molecule has 0 radical (unpaired) electrons. The number of ketones is 1. The minimum atomic E-state index is -0.579. The van der Waals surface area contributed by atoms with Gasteiger partial charge in [0.25, 0.3) is 0 Å². The first-order valence-electron chi connectivity index (χ1n) is 12.9. The average molecular weight is 484 g/mol. The molecule has 4 atom stereocenters. The number of amides is 1. The minimum absolute atomic E-state index is 0.0510. The minimum Gasteiger partial charge on any atom is -0.485 e. The van der Waals surface area contributed by atoms with Crippen LogP contribution in [0.25, 0.3) is 0 Å². The molecule has 4 aliphatic rings. The number of nitrogens with zero attached hydrogens (tertiary/aromatic N) is 1. The van der Waals surface area contributed by atoms with E-state index in [-0.39, 0.29) is 41.5 Å². The Kier molecular flexibility index (Phi) is 5.88. The number of methoxy groups -OCH3 is 1. The number of carbonyl (C=O) groups is 3. The Morgan fingerprint density at radius 1 is 1.11 bits per heavy atom. The number of piperidine rings is 1. The van der Waals surface area contributed by atoms with Gasteiger partial charge in [-0.1, -0.05) is 13.0 Å². The third-order valence-electron chi connectivity index (χ3n) is 8.45. The lowest BCUT2D eigenvalue weighted by molar-refractivity contribution is -0.145. The highest BCUT2D eigenvalue weighted by molar-refractivity contribution is 6.00. The molecule has 2 aliphatic heterocycles. The first-order valence-corrected chi connectivity index (χ1v) is 12.9. The van der Waals surface area contributed by atoms with Crippen LogP contribution < -0.4 is 4.74 Å². The van der Waals surface area contributed by atoms with Crippen LogP contribution in [0.15, 0.2) is 18.2 Å². The first-order chi connectivity index (χ1) is 16.5. The lowest BCUT2D eigenvalue weighted by Crippen LogP contribution is -2.60. The van der Waals surface area contributed by atoms with Crippen molar-refractivity contribution in [2.75, 3.05) is 20.2 Å². The van der Waals surface area contributed by atoms with Gasteiger partial charge in [0.2, 0.25) is 0 Å². The standard InChI is InChI=1S/C28H37NO6/c1-16(25(31)33-5)24(17-6-7-17)18-8-11-21-22(30)13-28(34-23(21)12-18)19-9-10-20(28)15-29(14-19)26(32)35-27(2,3)4/h8,11-12,16-17,19-20,24H,6-7,9-10,13-15H2,1-5H3/t16-,19?,20?,24-,28?/m0/s1. The molecule has 5 rings (SSSR count). The number of esters is 1. The van der Waals surface area contributed by atoms with Gasteiger partial charge in [0.15, 0.2) is 5.78 Å². The molecule has 2 bridgehead atoms. The highest BCUT2D eigenvalue weighted by atomic mass is 16.6. The zero-order chi connectivity index (χ0) is 25.1. The van der Waals surface area contributed by atoms with Gasteiger partial charge in [-0.3, -0.25) is 9.59 Å². The Hall–Kier alpha value is -2.57. The second kappa shape index (κ2) is 8.52. The van der Waals surface area contributed by atoms with Crippen LogP contribution in [0.4, 0.5) is 4.79 Å². The number of fused-ring (bicyclic) bond motifs is 1. The Morgan fingerprint density at radius 2 is 1.77 bits per heavy atom. The maximum absolute atomic E-state index is 13.3. The fourth-order valence-corrected chi connectivity index (χ4v) is 6.66. The zero-order valence-corrected chi connectivity index (χ0v) is 21.5. The van der Waals surface area contributed by atoms with Crippen molar-refractivity contribution in [1.29, 1.82) is 0 Å². The maximum atomic E-state index is 13.3. The Morgan fingerprint density at radius 3 is 2.34 bits per heavy atom. The number of hydrogen-bond donors (Lipinski definition) is 0. The largest absolute Gasteiger partial charge is 0.485 e. The van der Waals surface area contributed by atoms with Gasteiger partial charge in [0.1, 0.15) is 17.0 Å². The van der Waals surface area contributed by atoms with Crippen LogP contribution in [0.5, 0.6) is 5.75 Å². The number of likely N-dealkylation sites (tertiary alicyclic amines) is 1. The summed E-state index contributed by atoms with van der Waals surface area (Å²) in [6.45, 7) is 8.62. The van der Waals surface area contributed by atoms with Gasteiger partial charge in [-0.25, -0.2) is 4.79 Å². The van der Waals surface area contributed by atoms with Crippen LogP contribution in [0.3, 0.4) is 0 Å². The fraction of sp³-hybridized carbons (Fsp3) is 0.679. The number of rotatable bonds is 4. The van der Waals surface area contributed by atoms with Crippen LogP contribution in [0.2, 0.25) is 0 Å². The van der Waals surface area contributed by atoms with Crippen molar-refractivity contribution in [3.63, 3.8) is 0 Å². The average Bonchev–Trinajstić information content (AvgIpc) is 3.60. The summed E-state index contributed by atoms with van der Waals surface area (Å²) in [6.07, 6.45) is 4.10. The summed E-state index contributed by atoms with van der Waals surface area (Å²) in [5.74, 6) is 0.936. The van der Waals surface area contributed by atoms with Gasteiger partial charge in [0, 0.05) is 24.9 Å². The molecule has 1 amide bonds. The molecule has 1 aromatic carbocycles. The van der Waals surface area contributed by atoms with Crippen LogP contribution >= 0.6 is 0 Å². The summed E-state index contributed by atoms with van der Waals surface area (Å²) in [5, 5.41) is 0. The molecule has 1 spiro atoms. The smallest absolute Gasteiger partial charge is 0.410 e. The summed E-state index contributed by atoms with van der Waals surface area (Å²) in [5.41, 5.74) is 0.530. The molecule has 7 heteroatoms. The van der Waals surface area contributed by atoms with E-state index >= 15 is 0 Å². The lowest BCUT2D eigenvalue weighted by Gasteiger charge is -2.49. The van der Waals surface area contributed by atoms with Crippen molar-refractivity contribution in [3.8, 4) is 5.75 Å². The van der Waals surface area contributed by atoms with Gasteiger partial charge < -0.3 is 19.1 Å². The van der Waals surface area contributed by atoms with Crippen molar-refractivity contribution in [1.82, 2.24) is 4.90 Å². The molecule has 2 heterocycles. The van der Waals surface area contributed by atoms with Crippen LogP contribution in [-0.2, 0) is 14.3 Å². The van der Waals surface area contributed by atoms with E-state index in [0.717, 1.165) is 31.2 Å². The number of hydrogen-bond acceptors (Lipinski definition) is 6. The second-order valence-electron chi connectivity index (χ2n) is 11.9. The van der Waals surface area contributed by atoms with Gasteiger partial charge >= 0.3 is 12.1 Å². The molecule has 2 aliphatic carbocycles. The van der Waals surface area contributed by atoms with Crippen molar-refractivity contribution in [2.45, 2.75) is 76.9 Å².